The Kier molecular flexibility index (Phi) is 7.42. The maximum Gasteiger partial charge on any atom is 0.446 e. The van der Waals surface area contributed by atoms with Gasteiger partial charge in [0.15, 0.2) is 5.13 Å². The fourth-order valence-corrected chi connectivity index (χ4v) is 2.58. The standard InChI is InChI=1S/C10H16N4OS.C2HF3O/c1-8(15)13-10-12-6-9(16-10)7-14-4-2-11-3-5-14;3-2(4,5)1-6/h6,11H,2-5,7H2,1H3,(H,12,13,15);1H. The van der Waals surface area contributed by atoms with E-state index in [1.165, 1.54) is 11.8 Å². The molecule has 0 bridgehead atoms. The first-order valence-corrected chi connectivity index (χ1v) is 7.30. The maximum atomic E-state index is 10.8. The summed E-state index contributed by atoms with van der Waals surface area (Å²) in [5.74, 6) is -0.0666. The molecule has 0 unspecified atom stereocenters. The molecule has 0 radical (unpaired) electrons. The molecular formula is C12H17F3N4O2S. The number of hydrogen-bond donors (Lipinski definition) is 2. The number of piperazine rings is 1. The number of aromatic nitrogens is 1. The number of anilines is 1. The van der Waals surface area contributed by atoms with Gasteiger partial charge in [-0.15, -0.1) is 11.3 Å². The zero-order chi connectivity index (χ0) is 16.6. The van der Waals surface area contributed by atoms with E-state index in [0.29, 0.717) is 5.13 Å². The van der Waals surface area contributed by atoms with Crippen molar-refractivity contribution in [2.24, 2.45) is 0 Å². The van der Waals surface area contributed by atoms with Crippen LogP contribution in [0.1, 0.15) is 11.8 Å². The minimum absolute atomic E-state index is 0.0666. The number of nitrogens with zero attached hydrogens (tertiary/aromatic N) is 2. The Labute approximate surface area is 129 Å². The Bertz CT molecular complexity index is 487. The molecule has 2 heterocycles. The Balaban J connectivity index is 0.000000346. The predicted molar refractivity (Wildman–Crippen MR) is 76.7 cm³/mol. The van der Waals surface area contributed by atoms with Gasteiger partial charge in [0.1, 0.15) is 0 Å². The zero-order valence-electron chi connectivity index (χ0n) is 11.9. The van der Waals surface area contributed by atoms with Crippen LogP contribution in [-0.4, -0.2) is 54.4 Å². The molecule has 0 atom stereocenters. The van der Waals surface area contributed by atoms with Crippen molar-refractivity contribution in [3.05, 3.63) is 11.1 Å². The molecule has 1 aromatic rings. The second-order valence-electron chi connectivity index (χ2n) is 4.50. The van der Waals surface area contributed by atoms with Gasteiger partial charge in [-0.3, -0.25) is 14.5 Å². The number of rotatable bonds is 3. The summed E-state index contributed by atoms with van der Waals surface area (Å²) in [6, 6.07) is 0. The third-order valence-corrected chi connectivity index (χ3v) is 3.46. The highest BCUT2D eigenvalue weighted by Crippen LogP contribution is 2.19. The molecule has 1 saturated heterocycles. The van der Waals surface area contributed by atoms with Crippen molar-refractivity contribution in [2.45, 2.75) is 19.6 Å². The van der Waals surface area contributed by atoms with Gasteiger partial charge in [0, 0.05) is 50.7 Å². The summed E-state index contributed by atoms with van der Waals surface area (Å²) in [4.78, 5) is 27.3. The van der Waals surface area contributed by atoms with Crippen LogP contribution in [0.5, 0.6) is 0 Å². The fraction of sp³-hybridized carbons (Fsp3) is 0.583. The van der Waals surface area contributed by atoms with Crippen molar-refractivity contribution in [1.29, 1.82) is 0 Å². The number of aldehydes is 1. The van der Waals surface area contributed by atoms with Gasteiger partial charge in [-0.05, 0) is 0 Å². The molecule has 2 rings (SSSR count). The van der Waals surface area contributed by atoms with E-state index in [-0.39, 0.29) is 5.91 Å². The molecule has 0 saturated carbocycles. The molecule has 1 aliphatic rings. The lowest BCUT2D eigenvalue weighted by molar-refractivity contribution is -0.156. The SMILES string of the molecule is CC(=O)Nc1ncc(CN2CCNCC2)s1.O=CC(F)(F)F. The van der Waals surface area contributed by atoms with Crippen molar-refractivity contribution in [2.75, 3.05) is 31.5 Å². The van der Waals surface area contributed by atoms with Crippen molar-refractivity contribution in [1.82, 2.24) is 15.2 Å². The van der Waals surface area contributed by atoms with E-state index in [9.17, 15) is 18.0 Å². The fourth-order valence-electron chi connectivity index (χ4n) is 1.68. The number of alkyl halides is 3. The Morgan fingerprint density at radius 3 is 2.59 bits per heavy atom. The van der Waals surface area contributed by atoms with Gasteiger partial charge >= 0.3 is 6.18 Å². The van der Waals surface area contributed by atoms with Crippen molar-refractivity contribution in [3.63, 3.8) is 0 Å². The molecular weight excluding hydrogens is 321 g/mol. The molecule has 1 aromatic heterocycles. The second-order valence-corrected chi connectivity index (χ2v) is 5.61. The first-order chi connectivity index (χ1) is 10.3. The van der Waals surface area contributed by atoms with Crippen molar-refractivity contribution in [3.8, 4) is 0 Å². The lowest BCUT2D eigenvalue weighted by atomic mass is 10.3. The van der Waals surface area contributed by atoms with E-state index in [0.717, 1.165) is 32.7 Å². The molecule has 2 N–H and O–H groups in total. The minimum atomic E-state index is -4.64. The third kappa shape index (κ3) is 8.05. The molecule has 124 valence electrons. The highest BCUT2D eigenvalue weighted by atomic mass is 32.1. The van der Waals surface area contributed by atoms with Crippen LogP contribution in [0.2, 0.25) is 0 Å². The summed E-state index contributed by atoms with van der Waals surface area (Å²) in [6.45, 7) is 6.69. The van der Waals surface area contributed by atoms with Gasteiger partial charge in [0.05, 0.1) is 0 Å². The van der Waals surface area contributed by atoms with Crippen LogP contribution >= 0.6 is 11.3 Å². The lowest BCUT2D eigenvalue weighted by Gasteiger charge is -2.26. The number of carbonyl (C=O) groups excluding carboxylic acids is 2. The smallest absolute Gasteiger partial charge is 0.314 e. The molecule has 1 fully saturated rings. The molecule has 10 heteroatoms. The summed E-state index contributed by atoms with van der Waals surface area (Å²) in [5.41, 5.74) is 0. The van der Waals surface area contributed by atoms with Crippen LogP contribution in [0.25, 0.3) is 0 Å². The topological polar surface area (TPSA) is 74.3 Å². The number of hydrogen-bond acceptors (Lipinski definition) is 6. The van der Waals surface area contributed by atoms with Crippen molar-refractivity contribution >= 4 is 28.7 Å². The quantitative estimate of drug-likeness (QED) is 0.812. The largest absolute Gasteiger partial charge is 0.446 e. The monoisotopic (exact) mass is 338 g/mol. The average molecular weight is 338 g/mol. The van der Waals surface area contributed by atoms with Crippen LogP contribution < -0.4 is 10.6 Å². The maximum absolute atomic E-state index is 10.8. The van der Waals surface area contributed by atoms with Crippen LogP contribution in [0, 0.1) is 0 Å². The Hall–Kier alpha value is -1.52. The van der Waals surface area contributed by atoms with Crippen LogP contribution in [0.3, 0.4) is 0 Å². The first-order valence-electron chi connectivity index (χ1n) is 6.48. The van der Waals surface area contributed by atoms with Gasteiger partial charge in [-0.1, -0.05) is 0 Å². The molecule has 0 aromatic carbocycles. The van der Waals surface area contributed by atoms with E-state index in [2.05, 4.69) is 20.5 Å². The summed E-state index contributed by atoms with van der Waals surface area (Å²) < 4.78 is 31.2. The first kappa shape index (κ1) is 18.5. The highest BCUT2D eigenvalue weighted by molar-refractivity contribution is 7.15. The van der Waals surface area contributed by atoms with E-state index >= 15 is 0 Å². The summed E-state index contributed by atoms with van der Waals surface area (Å²) in [6.07, 6.45) is -3.86. The zero-order valence-corrected chi connectivity index (χ0v) is 12.8. The molecule has 0 aliphatic carbocycles. The second kappa shape index (κ2) is 8.81. The number of amides is 1. The van der Waals surface area contributed by atoms with E-state index < -0.39 is 12.5 Å². The van der Waals surface area contributed by atoms with Crippen molar-refractivity contribution < 1.29 is 22.8 Å². The molecule has 22 heavy (non-hydrogen) atoms. The van der Waals surface area contributed by atoms with Crippen LogP contribution in [-0.2, 0) is 16.1 Å². The summed E-state index contributed by atoms with van der Waals surface area (Å²) >= 11 is 1.55. The summed E-state index contributed by atoms with van der Waals surface area (Å²) in [7, 11) is 0. The van der Waals surface area contributed by atoms with E-state index in [1.807, 2.05) is 6.20 Å². The van der Waals surface area contributed by atoms with Gasteiger partial charge in [0.2, 0.25) is 12.2 Å². The van der Waals surface area contributed by atoms with Crippen LogP contribution in [0.4, 0.5) is 18.3 Å². The highest BCUT2D eigenvalue weighted by Gasteiger charge is 2.24. The van der Waals surface area contributed by atoms with Gasteiger partial charge in [-0.2, -0.15) is 13.2 Å². The molecule has 0 spiro atoms. The van der Waals surface area contributed by atoms with Gasteiger partial charge in [0.25, 0.3) is 0 Å². The summed E-state index contributed by atoms with van der Waals surface area (Å²) in [5, 5.41) is 6.71. The van der Waals surface area contributed by atoms with E-state index in [4.69, 9.17) is 4.79 Å². The van der Waals surface area contributed by atoms with Gasteiger partial charge < -0.3 is 10.6 Å². The molecule has 1 aliphatic heterocycles. The molecule has 6 nitrogen and oxygen atoms in total. The Morgan fingerprint density at radius 2 is 2.09 bits per heavy atom. The number of thiazole rings is 1. The normalized spacial score (nSPS) is 15.6. The Morgan fingerprint density at radius 1 is 1.50 bits per heavy atom. The number of halogens is 3. The number of nitrogens with one attached hydrogen (secondary N) is 2. The minimum Gasteiger partial charge on any atom is -0.314 e. The third-order valence-electron chi connectivity index (χ3n) is 2.56. The average Bonchev–Trinajstić information content (AvgIpc) is 2.86. The lowest BCUT2D eigenvalue weighted by Crippen LogP contribution is -2.42. The number of carbonyl (C=O) groups is 2. The van der Waals surface area contributed by atoms with Crippen LogP contribution in [0.15, 0.2) is 6.20 Å². The van der Waals surface area contributed by atoms with Gasteiger partial charge in [-0.25, -0.2) is 4.98 Å². The predicted octanol–water partition coefficient (Wildman–Crippen LogP) is 1.25. The molecule has 1 amide bonds. The van der Waals surface area contributed by atoms with E-state index in [1.54, 1.807) is 11.3 Å².